The summed E-state index contributed by atoms with van der Waals surface area (Å²) in [5, 5.41) is 0.0904. The van der Waals surface area contributed by atoms with Crippen LogP contribution in [0.25, 0.3) is 0 Å². The van der Waals surface area contributed by atoms with Crippen molar-refractivity contribution in [2.75, 3.05) is 21.3 Å². The minimum atomic E-state index is -0.451. The van der Waals surface area contributed by atoms with Crippen LogP contribution in [-0.4, -0.2) is 21.3 Å². The molecule has 0 aromatic heterocycles. The number of ether oxygens (including phenoxy) is 3. The van der Waals surface area contributed by atoms with Gasteiger partial charge >= 0.3 is 0 Å². The molecule has 0 spiro atoms. The van der Waals surface area contributed by atoms with Gasteiger partial charge in [-0.25, -0.2) is 0 Å². The van der Waals surface area contributed by atoms with Gasteiger partial charge in [0.15, 0.2) is 0 Å². The van der Waals surface area contributed by atoms with Crippen LogP contribution in [-0.2, 0) is 0 Å². The Labute approximate surface area is 134 Å². The van der Waals surface area contributed by atoms with Crippen LogP contribution in [0.2, 0.25) is 5.02 Å². The molecular weight excluding hydrogens is 311 g/mol. The summed E-state index contributed by atoms with van der Waals surface area (Å²) in [4.78, 5) is 0. The van der Waals surface area contributed by atoms with Gasteiger partial charge in [0.2, 0.25) is 0 Å². The minimum absolute atomic E-state index is 0.451. The molecule has 21 heavy (non-hydrogen) atoms. The van der Waals surface area contributed by atoms with Crippen LogP contribution in [0.1, 0.15) is 16.5 Å². The highest BCUT2D eigenvalue weighted by Crippen LogP contribution is 2.40. The lowest BCUT2D eigenvalue weighted by molar-refractivity contribution is 0.399. The van der Waals surface area contributed by atoms with E-state index in [1.54, 1.807) is 27.4 Å². The van der Waals surface area contributed by atoms with Crippen molar-refractivity contribution in [1.82, 2.24) is 0 Å². The summed E-state index contributed by atoms with van der Waals surface area (Å²) in [5.74, 6) is 2.08. The summed E-state index contributed by atoms with van der Waals surface area (Å²) >= 11 is 12.9. The molecule has 5 heteroatoms. The van der Waals surface area contributed by atoms with Crippen molar-refractivity contribution in [3.63, 3.8) is 0 Å². The maximum absolute atomic E-state index is 6.58. The predicted molar refractivity (Wildman–Crippen MR) is 85.2 cm³/mol. The third-order valence-electron chi connectivity index (χ3n) is 3.19. The highest BCUT2D eigenvalue weighted by Gasteiger charge is 2.19. The van der Waals surface area contributed by atoms with E-state index in [-0.39, 0.29) is 0 Å². The SMILES string of the molecule is COc1ccc(C(Cl)c2cc(OC)ccc2OC)c(Cl)c1. The zero-order valence-electron chi connectivity index (χ0n) is 12.0. The van der Waals surface area contributed by atoms with E-state index in [1.807, 2.05) is 30.3 Å². The van der Waals surface area contributed by atoms with Gasteiger partial charge in [-0.15, -0.1) is 11.6 Å². The van der Waals surface area contributed by atoms with Crippen molar-refractivity contribution in [2.45, 2.75) is 5.38 Å². The van der Waals surface area contributed by atoms with Crippen LogP contribution < -0.4 is 14.2 Å². The number of alkyl halides is 1. The second kappa shape index (κ2) is 6.92. The number of halogens is 2. The molecule has 0 amide bonds. The van der Waals surface area contributed by atoms with Gasteiger partial charge in [-0.05, 0) is 35.9 Å². The summed E-state index contributed by atoms with van der Waals surface area (Å²) in [6.45, 7) is 0. The molecule has 0 fully saturated rings. The van der Waals surface area contributed by atoms with Crippen molar-refractivity contribution in [3.05, 3.63) is 52.5 Å². The summed E-state index contributed by atoms with van der Waals surface area (Å²) in [7, 11) is 4.80. The molecule has 0 aliphatic rings. The van der Waals surface area contributed by atoms with Crippen LogP contribution in [0.15, 0.2) is 36.4 Å². The first-order chi connectivity index (χ1) is 10.1. The van der Waals surface area contributed by atoms with Gasteiger partial charge < -0.3 is 14.2 Å². The van der Waals surface area contributed by atoms with Crippen LogP contribution in [0.5, 0.6) is 17.2 Å². The molecule has 2 rings (SSSR count). The number of hydrogen-bond acceptors (Lipinski definition) is 3. The molecule has 0 N–H and O–H groups in total. The first kappa shape index (κ1) is 15.8. The fraction of sp³-hybridized carbons (Fsp3) is 0.250. The highest BCUT2D eigenvalue weighted by atomic mass is 35.5. The summed E-state index contributed by atoms with van der Waals surface area (Å²) in [6, 6.07) is 10.9. The molecule has 0 heterocycles. The Hall–Kier alpha value is -1.58. The quantitative estimate of drug-likeness (QED) is 0.746. The normalized spacial score (nSPS) is 11.9. The second-order valence-electron chi connectivity index (χ2n) is 4.36. The van der Waals surface area contributed by atoms with Gasteiger partial charge in [0, 0.05) is 10.6 Å². The Kier molecular flexibility index (Phi) is 5.21. The summed E-state index contributed by atoms with van der Waals surface area (Å²) in [6.07, 6.45) is 0. The summed E-state index contributed by atoms with van der Waals surface area (Å²) in [5.41, 5.74) is 1.58. The molecule has 0 aliphatic heterocycles. The molecule has 0 saturated carbocycles. The zero-order valence-corrected chi connectivity index (χ0v) is 13.5. The topological polar surface area (TPSA) is 27.7 Å². The van der Waals surface area contributed by atoms with Crippen molar-refractivity contribution in [3.8, 4) is 17.2 Å². The van der Waals surface area contributed by atoms with E-state index >= 15 is 0 Å². The first-order valence-electron chi connectivity index (χ1n) is 6.30. The Bertz CT molecular complexity index is 629. The van der Waals surface area contributed by atoms with E-state index in [0.29, 0.717) is 22.3 Å². The molecule has 0 radical (unpaired) electrons. The number of hydrogen-bond donors (Lipinski definition) is 0. The van der Waals surface area contributed by atoms with Crippen LogP contribution in [0.4, 0.5) is 0 Å². The number of methoxy groups -OCH3 is 3. The van der Waals surface area contributed by atoms with Crippen molar-refractivity contribution < 1.29 is 14.2 Å². The molecule has 0 aliphatic carbocycles. The molecule has 1 atom stereocenters. The molecule has 0 saturated heterocycles. The lowest BCUT2D eigenvalue weighted by Gasteiger charge is -2.17. The Morgan fingerprint density at radius 1 is 0.810 bits per heavy atom. The zero-order chi connectivity index (χ0) is 15.4. The van der Waals surface area contributed by atoms with E-state index in [2.05, 4.69) is 0 Å². The maximum atomic E-state index is 6.58. The van der Waals surface area contributed by atoms with Gasteiger partial charge in [-0.2, -0.15) is 0 Å². The average Bonchev–Trinajstić information content (AvgIpc) is 2.53. The second-order valence-corrected chi connectivity index (χ2v) is 5.20. The third-order valence-corrected chi connectivity index (χ3v) is 3.99. The standard InChI is InChI=1S/C16H16Cl2O3/c1-19-10-5-7-15(21-3)13(8-10)16(18)12-6-4-11(20-2)9-14(12)17/h4-9,16H,1-3H3. The highest BCUT2D eigenvalue weighted by molar-refractivity contribution is 6.33. The van der Waals surface area contributed by atoms with Gasteiger partial charge in [0.1, 0.15) is 17.2 Å². The molecule has 112 valence electrons. The van der Waals surface area contributed by atoms with E-state index in [9.17, 15) is 0 Å². The Balaban J connectivity index is 2.45. The fourth-order valence-corrected chi connectivity index (χ4v) is 2.74. The van der Waals surface area contributed by atoms with Crippen LogP contribution in [0, 0.1) is 0 Å². The third kappa shape index (κ3) is 3.36. The molecule has 0 bridgehead atoms. The van der Waals surface area contributed by atoms with Gasteiger partial charge in [0.05, 0.1) is 26.7 Å². The predicted octanol–water partition coefficient (Wildman–Crippen LogP) is 4.69. The average molecular weight is 327 g/mol. The van der Waals surface area contributed by atoms with Gasteiger partial charge in [-0.1, -0.05) is 17.7 Å². The van der Waals surface area contributed by atoms with Crippen LogP contribution >= 0.6 is 23.2 Å². The smallest absolute Gasteiger partial charge is 0.124 e. The van der Waals surface area contributed by atoms with E-state index < -0.39 is 5.38 Å². The minimum Gasteiger partial charge on any atom is -0.497 e. The molecule has 2 aromatic carbocycles. The lowest BCUT2D eigenvalue weighted by atomic mass is 10.0. The van der Waals surface area contributed by atoms with Gasteiger partial charge in [-0.3, -0.25) is 0 Å². The van der Waals surface area contributed by atoms with Crippen molar-refractivity contribution in [2.24, 2.45) is 0 Å². The molecule has 2 aromatic rings. The Morgan fingerprint density at radius 3 is 2.00 bits per heavy atom. The van der Waals surface area contributed by atoms with E-state index in [4.69, 9.17) is 37.4 Å². The van der Waals surface area contributed by atoms with Gasteiger partial charge in [0.25, 0.3) is 0 Å². The van der Waals surface area contributed by atoms with Crippen molar-refractivity contribution in [1.29, 1.82) is 0 Å². The maximum Gasteiger partial charge on any atom is 0.124 e. The molecule has 1 unspecified atom stereocenters. The Morgan fingerprint density at radius 2 is 1.43 bits per heavy atom. The lowest BCUT2D eigenvalue weighted by Crippen LogP contribution is -1.99. The monoisotopic (exact) mass is 326 g/mol. The van der Waals surface area contributed by atoms with Crippen LogP contribution in [0.3, 0.4) is 0 Å². The number of benzene rings is 2. The number of rotatable bonds is 5. The van der Waals surface area contributed by atoms with Crippen molar-refractivity contribution >= 4 is 23.2 Å². The van der Waals surface area contributed by atoms with E-state index in [1.165, 1.54) is 0 Å². The molecular formula is C16H16Cl2O3. The summed E-state index contributed by atoms with van der Waals surface area (Å²) < 4.78 is 15.7. The first-order valence-corrected chi connectivity index (χ1v) is 7.11. The van der Waals surface area contributed by atoms with E-state index in [0.717, 1.165) is 11.1 Å². The fourth-order valence-electron chi connectivity index (χ4n) is 2.05. The molecule has 3 nitrogen and oxygen atoms in total. The largest absolute Gasteiger partial charge is 0.497 e.